The van der Waals surface area contributed by atoms with E-state index in [1.165, 1.54) is 0 Å². The second-order valence-electron chi connectivity index (χ2n) is 4.55. The topological polar surface area (TPSA) is 71.7 Å². The van der Waals surface area contributed by atoms with Gasteiger partial charge in [0, 0.05) is 13.7 Å². The number of methoxy groups -OCH3 is 1. The minimum atomic E-state index is -0.262. The SMILES string of the molecule is COC(C)(C)CN=C(NN)NCC(C)C. The van der Waals surface area contributed by atoms with Crippen molar-refractivity contribution in [3.8, 4) is 0 Å². The largest absolute Gasteiger partial charge is 0.377 e. The number of ether oxygens (including phenoxy) is 1. The molecule has 0 aromatic carbocycles. The van der Waals surface area contributed by atoms with Crippen LogP contribution in [0, 0.1) is 5.92 Å². The van der Waals surface area contributed by atoms with E-state index in [-0.39, 0.29) is 5.60 Å². The molecule has 4 N–H and O–H groups in total. The molecule has 0 aliphatic heterocycles. The summed E-state index contributed by atoms with van der Waals surface area (Å²) in [6.07, 6.45) is 0. The molecule has 5 nitrogen and oxygen atoms in total. The van der Waals surface area contributed by atoms with Crippen LogP contribution in [0.2, 0.25) is 0 Å². The third-order valence-electron chi connectivity index (χ3n) is 1.99. The highest BCUT2D eigenvalue weighted by atomic mass is 16.5. The minimum Gasteiger partial charge on any atom is -0.377 e. The lowest BCUT2D eigenvalue weighted by molar-refractivity contribution is 0.0310. The van der Waals surface area contributed by atoms with Crippen LogP contribution in [-0.2, 0) is 4.74 Å². The van der Waals surface area contributed by atoms with Crippen LogP contribution >= 0.6 is 0 Å². The molecule has 0 bridgehead atoms. The van der Waals surface area contributed by atoms with Gasteiger partial charge in [0.25, 0.3) is 0 Å². The first-order valence-electron chi connectivity index (χ1n) is 5.21. The van der Waals surface area contributed by atoms with Crippen molar-refractivity contribution in [2.24, 2.45) is 16.8 Å². The number of nitrogens with zero attached hydrogens (tertiary/aromatic N) is 1. The van der Waals surface area contributed by atoms with Gasteiger partial charge in [0.05, 0.1) is 12.1 Å². The summed E-state index contributed by atoms with van der Waals surface area (Å²) >= 11 is 0. The second-order valence-corrected chi connectivity index (χ2v) is 4.55. The molecular formula is C10H24N4O. The maximum atomic E-state index is 5.35. The third-order valence-corrected chi connectivity index (χ3v) is 1.99. The van der Waals surface area contributed by atoms with Crippen LogP contribution in [0.25, 0.3) is 0 Å². The van der Waals surface area contributed by atoms with Gasteiger partial charge in [0.2, 0.25) is 5.96 Å². The lowest BCUT2D eigenvalue weighted by Gasteiger charge is -2.21. The van der Waals surface area contributed by atoms with E-state index in [0.29, 0.717) is 18.4 Å². The van der Waals surface area contributed by atoms with Crippen LogP contribution in [0.1, 0.15) is 27.7 Å². The molecule has 0 aromatic heterocycles. The number of guanidine groups is 1. The summed E-state index contributed by atoms with van der Waals surface area (Å²) in [6.45, 7) is 9.62. The normalized spacial score (nSPS) is 13.1. The zero-order valence-electron chi connectivity index (χ0n) is 10.4. The van der Waals surface area contributed by atoms with Crippen molar-refractivity contribution in [1.29, 1.82) is 0 Å². The van der Waals surface area contributed by atoms with Crippen LogP contribution < -0.4 is 16.6 Å². The summed E-state index contributed by atoms with van der Waals surface area (Å²) in [5, 5.41) is 3.12. The maximum Gasteiger partial charge on any atom is 0.205 e. The molecule has 5 heteroatoms. The molecule has 0 saturated carbocycles. The molecule has 0 rings (SSSR count). The molecule has 0 spiro atoms. The Morgan fingerprint density at radius 3 is 2.47 bits per heavy atom. The van der Waals surface area contributed by atoms with Crippen molar-refractivity contribution < 1.29 is 4.74 Å². The lowest BCUT2D eigenvalue weighted by Crippen LogP contribution is -2.44. The molecule has 0 aromatic rings. The Hall–Kier alpha value is -0.810. The number of hydrazine groups is 1. The molecule has 0 radical (unpaired) electrons. The van der Waals surface area contributed by atoms with Crippen molar-refractivity contribution in [2.75, 3.05) is 20.2 Å². The quantitative estimate of drug-likeness (QED) is 0.270. The van der Waals surface area contributed by atoms with Gasteiger partial charge in [-0.2, -0.15) is 0 Å². The smallest absolute Gasteiger partial charge is 0.205 e. The fourth-order valence-corrected chi connectivity index (χ4v) is 0.787. The van der Waals surface area contributed by atoms with Gasteiger partial charge in [-0.1, -0.05) is 13.8 Å². The highest BCUT2D eigenvalue weighted by Gasteiger charge is 2.15. The van der Waals surface area contributed by atoms with Crippen LogP contribution in [0.4, 0.5) is 0 Å². The number of hydrogen-bond acceptors (Lipinski definition) is 3. The highest BCUT2D eigenvalue weighted by molar-refractivity contribution is 5.79. The lowest BCUT2D eigenvalue weighted by atomic mass is 10.1. The first-order valence-corrected chi connectivity index (χ1v) is 5.21. The van der Waals surface area contributed by atoms with Crippen LogP contribution in [0.15, 0.2) is 4.99 Å². The predicted octanol–water partition coefficient (Wildman–Crippen LogP) is 0.476. The van der Waals surface area contributed by atoms with Gasteiger partial charge < -0.3 is 10.1 Å². The van der Waals surface area contributed by atoms with Gasteiger partial charge in [-0.05, 0) is 19.8 Å². The van der Waals surface area contributed by atoms with E-state index in [2.05, 4.69) is 29.6 Å². The van der Waals surface area contributed by atoms with Crippen molar-refractivity contribution in [3.05, 3.63) is 0 Å². The van der Waals surface area contributed by atoms with Gasteiger partial charge in [-0.25, -0.2) is 10.8 Å². The fourth-order valence-electron chi connectivity index (χ4n) is 0.787. The summed E-state index contributed by atoms with van der Waals surface area (Å²) in [5.41, 5.74) is 2.28. The Balaban J connectivity index is 4.10. The Kier molecular flexibility index (Phi) is 6.27. The van der Waals surface area contributed by atoms with Crippen LogP contribution in [0.3, 0.4) is 0 Å². The summed E-state index contributed by atoms with van der Waals surface area (Å²) in [6, 6.07) is 0. The molecule has 0 heterocycles. The predicted molar refractivity (Wildman–Crippen MR) is 63.6 cm³/mol. The van der Waals surface area contributed by atoms with Gasteiger partial charge in [0.1, 0.15) is 0 Å². The molecule has 15 heavy (non-hydrogen) atoms. The molecule has 0 atom stereocenters. The summed E-state index contributed by atoms with van der Waals surface area (Å²) in [7, 11) is 1.67. The van der Waals surface area contributed by atoms with E-state index in [1.54, 1.807) is 7.11 Å². The van der Waals surface area contributed by atoms with Crippen molar-refractivity contribution in [2.45, 2.75) is 33.3 Å². The monoisotopic (exact) mass is 216 g/mol. The molecule has 0 fully saturated rings. The van der Waals surface area contributed by atoms with E-state index in [0.717, 1.165) is 6.54 Å². The van der Waals surface area contributed by atoms with Gasteiger partial charge >= 0.3 is 0 Å². The number of hydrogen-bond donors (Lipinski definition) is 3. The Bertz CT molecular complexity index is 202. The standard InChI is InChI=1S/C10H24N4O/c1-8(2)6-12-9(14-11)13-7-10(3,4)15-5/h8H,6-7,11H2,1-5H3,(H2,12,13,14). The molecule has 0 saturated heterocycles. The van der Waals surface area contributed by atoms with Crippen molar-refractivity contribution >= 4 is 5.96 Å². The fraction of sp³-hybridized carbons (Fsp3) is 0.900. The number of nitrogens with two attached hydrogens (primary N) is 1. The van der Waals surface area contributed by atoms with Gasteiger partial charge in [0.15, 0.2) is 0 Å². The summed E-state index contributed by atoms with van der Waals surface area (Å²) < 4.78 is 5.25. The number of rotatable bonds is 5. The van der Waals surface area contributed by atoms with Crippen molar-refractivity contribution in [3.63, 3.8) is 0 Å². The van der Waals surface area contributed by atoms with Gasteiger partial charge in [-0.15, -0.1) is 0 Å². The molecule has 0 aliphatic carbocycles. The maximum absolute atomic E-state index is 5.35. The van der Waals surface area contributed by atoms with E-state index in [4.69, 9.17) is 10.6 Å². The van der Waals surface area contributed by atoms with E-state index < -0.39 is 0 Å². The van der Waals surface area contributed by atoms with E-state index in [1.807, 2.05) is 13.8 Å². The molecule has 0 amide bonds. The van der Waals surface area contributed by atoms with Crippen LogP contribution in [0.5, 0.6) is 0 Å². The first-order chi connectivity index (χ1) is 6.91. The average molecular weight is 216 g/mol. The van der Waals surface area contributed by atoms with Crippen LogP contribution in [-0.4, -0.2) is 31.8 Å². The van der Waals surface area contributed by atoms with Gasteiger partial charge in [-0.3, -0.25) is 5.43 Å². The van der Waals surface area contributed by atoms with Crippen molar-refractivity contribution in [1.82, 2.24) is 10.7 Å². The zero-order chi connectivity index (χ0) is 11.9. The number of nitrogens with one attached hydrogen (secondary N) is 2. The Labute approximate surface area is 92.4 Å². The first kappa shape index (κ1) is 14.2. The average Bonchev–Trinajstić information content (AvgIpc) is 2.18. The Morgan fingerprint density at radius 2 is 2.07 bits per heavy atom. The number of aliphatic imine (C=N–C) groups is 1. The molecule has 0 aliphatic rings. The molecule has 90 valence electrons. The third kappa shape index (κ3) is 7.16. The zero-order valence-corrected chi connectivity index (χ0v) is 10.4. The molecule has 0 unspecified atom stereocenters. The molecular weight excluding hydrogens is 192 g/mol. The minimum absolute atomic E-state index is 0.262. The van der Waals surface area contributed by atoms with E-state index in [9.17, 15) is 0 Å². The van der Waals surface area contributed by atoms with E-state index >= 15 is 0 Å². The highest BCUT2D eigenvalue weighted by Crippen LogP contribution is 2.06. The summed E-state index contributed by atoms with van der Waals surface area (Å²) in [5.74, 6) is 6.51. The Morgan fingerprint density at radius 1 is 1.47 bits per heavy atom. The second kappa shape index (κ2) is 6.63. The summed E-state index contributed by atoms with van der Waals surface area (Å²) in [4.78, 5) is 4.30.